The van der Waals surface area contributed by atoms with E-state index in [0.717, 1.165) is 0 Å². The molecule has 0 spiro atoms. The number of carbonyl (C=O) groups is 1. The Hall–Kier alpha value is -2.75. The van der Waals surface area contributed by atoms with Gasteiger partial charge < -0.3 is 10.1 Å². The van der Waals surface area contributed by atoms with Crippen LogP contribution in [0.25, 0.3) is 10.9 Å². The summed E-state index contributed by atoms with van der Waals surface area (Å²) in [4.78, 5) is 16.9. The molecule has 1 aromatic heterocycles. The quantitative estimate of drug-likeness (QED) is 0.665. The average Bonchev–Trinajstić information content (AvgIpc) is 3.11. The van der Waals surface area contributed by atoms with Gasteiger partial charge in [0.1, 0.15) is 11.9 Å². The number of rotatable bonds is 5. The number of aromatic amines is 1. The number of aromatic nitrogens is 1. The molecule has 2 N–H and O–H groups in total. The van der Waals surface area contributed by atoms with Crippen LogP contribution in [0.15, 0.2) is 59.6 Å². The van der Waals surface area contributed by atoms with Crippen molar-refractivity contribution >= 4 is 26.9 Å². The highest BCUT2D eigenvalue weighted by atomic mass is 32.2. The lowest BCUT2D eigenvalue weighted by molar-refractivity contribution is -0.144. The second kappa shape index (κ2) is 7.58. The van der Waals surface area contributed by atoms with Crippen molar-refractivity contribution in [2.24, 2.45) is 0 Å². The lowest BCUT2D eigenvalue weighted by Gasteiger charge is -2.37. The summed E-state index contributed by atoms with van der Waals surface area (Å²) in [5.74, 6) is -1.44. The topological polar surface area (TPSA) is 93.7 Å². The van der Waals surface area contributed by atoms with Crippen LogP contribution in [0, 0.1) is 5.82 Å². The average molecular weight is 417 g/mol. The molecule has 0 aliphatic carbocycles. The molecule has 1 fully saturated rings. The molecule has 9 heteroatoms. The zero-order valence-electron chi connectivity index (χ0n) is 15.5. The number of aliphatic carboxylic acids is 1. The van der Waals surface area contributed by atoms with Crippen LogP contribution in [0.3, 0.4) is 0 Å². The van der Waals surface area contributed by atoms with Crippen LogP contribution in [0.1, 0.15) is 11.6 Å². The van der Waals surface area contributed by atoms with E-state index < -0.39 is 27.9 Å². The maximum absolute atomic E-state index is 13.4. The number of benzene rings is 2. The van der Waals surface area contributed by atoms with Gasteiger partial charge in [0.15, 0.2) is 0 Å². The van der Waals surface area contributed by atoms with Gasteiger partial charge in [0.05, 0.1) is 4.90 Å². The molecule has 1 atom stereocenters. The van der Waals surface area contributed by atoms with Crippen LogP contribution in [0.2, 0.25) is 0 Å². The number of piperazine rings is 1. The summed E-state index contributed by atoms with van der Waals surface area (Å²) in [6, 6.07) is 11.4. The Balaban J connectivity index is 1.56. The van der Waals surface area contributed by atoms with Crippen LogP contribution in [-0.4, -0.2) is 59.9 Å². The molecule has 4 rings (SSSR count). The zero-order chi connectivity index (χ0) is 20.6. The molecule has 1 aliphatic rings. The van der Waals surface area contributed by atoms with Crippen LogP contribution in [0.5, 0.6) is 0 Å². The van der Waals surface area contributed by atoms with Crippen molar-refractivity contribution in [1.29, 1.82) is 0 Å². The molecule has 1 aliphatic heterocycles. The Bertz CT molecular complexity index is 1140. The summed E-state index contributed by atoms with van der Waals surface area (Å²) in [5.41, 5.74) is 1.06. The molecule has 0 amide bonds. The normalized spacial score (nSPS) is 17.4. The van der Waals surface area contributed by atoms with E-state index in [2.05, 4.69) is 4.98 Å². The van der Waals surface area contributed by atoms with Crippen molar-refractivity contribution < 1.29 is 22.7 Å². The number of halogens is 1. The zero-order valence-corrected chi connectivity index (χ0v) is 16.3. The third-order valence-electron chi connectivity index (χ3n) is 5.22. The molecule has 2 heterocycles. The van der Waals surface area contributed by atoms with Crippen molar-refractivity contribution in [1.82, 2.24) is 14.2 Å². The maximum Gasteiger partial charge on any atom is 0.325 e. The Morgan fingerprint density at radius 1 is 1.07 bits per heavy atom. The van der Waals surface area contributed by atoms with Gasteiger partial charge in [0, 0.05) is 48.8 Å². The van der Waals surface area contributed by atoms with Crippen LogP contribution >= 0.6 is 0 Å². The molecular weight excluding hydrogens is 397 g/mol. The number of carboxylic acids is 1. The molecule has 0 bridgehead atoms. The Labute approximate surface area is 167 Å². The highest BCUT2D eigenvalue weighted by Gasteiger charge is 2.35. The number of hydrogen-bond donors (Lipinski definition) is 2. The van der Waals surface area contributed by atoms with Gasteiger partial charge in [-0.25, -0.2) is 12.8 Å². The predicted octanol–water partition coefficient (Wildman–Crippen LogP) is 2.44. The second-order valence-corrected chi connectivity index (χ2v) is 8.87. The molecule has 7 nitrogen and oxygen atoms in total. The summed E-state index contributed by atoms with van der Waals surface area (Å²) < 4.78 is 40.4. The van der Waals surface area contributed by atoms with E-state index in [0.29, 0.717) is 16.5 Å². The Kier molecular flexibility index (Phi) is 5.12. The lowest BCUT2D eigenvalue weighted by atomic mass is 10.0. The Morgan fingerprint density at radius 3 is 2.41 bits per heavy atom. The van der Waals surface area contributed by atoms with Crippen LogP contribution < -0.4 is 0 Å². The Morgan fingerprint density at radius 2 is 1.76 bits per heavy atom. The fraction of sp³-hybridized carbons (Fsp3) is 0.250. The van der Waals surface area contributed by atoms with Crippen LogP contribution in [0.4, 0.5) is 4.39 Å². The first-order chi connectivity index (χ1) is 13.9. The summed E-state index contributed by atoms with van der Waals surface area (Å²) in [7, 11) is -3.61. The summed E-state index contributed by atoms with van der Waals surface area (Å²) in [6.07, 6.45) is 1.58. The predicted molar refractivity (Wildman–Crippen MR) is 105 cm³/mol. The SMILES string of the molecule is O=C(O)C(c1c[nH]c2cc(F)ccc12)N1CCN(S(=O)(=O)c2ccccc2)CC1. The number of nitrogens with one attached hydrogen (secondary N) is 1. The molecule has 0 saturated carbocycles. The number of nitrogens with zero attached hydrogens (tertiary/aromatic N) is 2. The number of hydrogen-bond acceptors (Lipinski definition) is 4. The van der Waals surface area contributed by atoms with Crippen molar-refractivity contribution in [2.75, 3.05) is 26.2 Å². The fourth-order valence-corrected chi connectivity index (χ4v) is 5.22. The molecule has 152 valence electrons. The van der Waals surface area contributed by atoms with Crippen molar-refractivity contribution in [3.05, 3.63) is 66.1 Å². The van der Waals surface area contributed by atoms with E-state index in [4.69, 9.17) is 0 Å². The van der Waals surface area contributed by atoms with Gasteiger partial charge in [0.25, 0.3) is 0 Å². The van der Waals surface area contributed by atoms with E-state index in [1.54, 1.807) is 47.5 Å². The summed E-state index contributed by atoms with van der Waals surface area (Å²) in [6.45, 7) is 0.934. The molecule has 29 heavy (non-hydrogen) atoms. The number of H-pyrrole nitrogens is 1. The first-order valence-corrected chi connectivity index (χ1v) is 10.6. The van der Waals surface area contributed by atoms with E-state index in [1.165, 1.54) is 16.4 Å². The minimum Gasteiger partial charge on any atom is -0.480 e. The maximum atomic E-state index is 13.4. The molecule has 1 saturated heterocycles. The molecule has 3 aromatic rings. The van der Waals surface area contributed by atoms with Gasteiger partial charge >= 0.3 is 5.97 Å². The van der Waals surface area contributed by atoms with Crippen molar-refractivity contribution in [2.45, 2.75) is 10.9 Å². The largest absolute Gasteiger partial charge is 0.480 e. The van der Waals surface area contributed by atoms with Crippen LogP contribution in [-0.2, 0) is 14.8 Å². The minimum atomic E-state index is -3.61. The molecular formula is C20H20FN3O4S. The van der Waals surface area contributed by atoms with Gasteiger partial charge in [0.2, 0.25) is 10.0 Å². The molecule has 1 unspecified atom stereocenters. The first kappa shape index (κ1) is 19.6. The molecule has 0 radical (unpaired) electrons. The molecule has 2 aromatic carbocycles. The summed E-state index contributed by atoms with van der Waals surface area (Å²) >= 11 is 0. The van der Waals surface area contributed by atoms with E-state index in [9.17, 15) is 22.7 Å². The van der Waals surface area contributed by atoms with Crippen molar-refractivity contribution in [3.63, 3.8) is 0 Å². The van der Waals surface area contributed by atoms with Gasteiger partial charge in [-0.2, -0.15) is 4.31 Å². The highest BCUT2D eigenvalue weighted by molar-refractivity contribution is 7.89. The summed E-state index contributed by atoms with van der Waals surface area (Å²) in [5, 5.41) is 10.5. The number of carboxylic acid groups (broad SMARTS) is 1. The monoisotopic (exact) mass is 417 g/mol. The first-order valence-electron chi connectivity index (χ1n) is 9.16. The fourth-order valence-electron chi connectivity index (χ4n) is 3.78. The second-order valence-electron chi connectivity index (χ2n) is 6.93. The highest BCUT2D eigenvalue weighted by Crippen LogP contribution is 2.30. The van der Waals surface area contributed by atoms with Gasteiger partial charge in [-0.3, -0.25) is 9.69 Å². The minimum absolute atomic E-state index is 0.192. The van der Waals surface area contributed by atoms with E-state index in [-0.39, 0.29) is 31.1 Å². The van der Waals surface area contributed by atoms with E-state index in [1.807, 2.05) is 0 Å². The standard InChI is InChI=1S/C20H20FN3O4S/c21-14-6-7-16-17(13-22-18(16)12-14)19(20(25)26)23-8-10-24(11-9-23)29(27,28)15-4-2-1-3-5-15/h1-7,12-13,19,22H,8-11H2,(H,25,26). The smallest absolute Gasteiger partial charge is 0.325 e. The van der Waals surface area contributed by atoms with Crippen molar-refractivity contribution in [3.8, 4) is 0 Å². The number of fused-ring (bicyclic) bond motifs is 1. The lowest BCUT2D eigenvalue weighted by Crippen LogP contribution is -2.50. The van der Waals surface area contributed by atoms with Gasteiger partial charge in [-0.15, -0.1) is 0 Å². The third-order valence-corrected chi connectivity index (χ3v) is 7.14. The third kappa shape index (κ3) is 3.64. The van der Waals surface area contributed by atoms with Gasteiger partial charge in [-0.05, 0) is 30.3 Å². The number of sulfonamides is 1. The van der Waals surface area contributed by atoms with Gasteiger partial charge in [-0.1, -0.05) is 18.2 Å². The van der Waals surface area contributed by atoms with E-state index >= 15 is 0 Å².